The summed E-state index contributed by atoms with van der Waals surface area (Å²) >= 11 is 0. The number of rotatable bonds is 4. The molecule has 1 unspecified atom stereocenters. The summed E-state index contributed by atoms with van der Waals surface area (Å²) in [6, 6.07) is 25.5. The van der Waals surface area contributed by atoms with E-state index in [0.29, 0.717) is 6.61 Å². The molecule has 0 spiro atoms. The minimum Gasteiger partial charge on any atom is -0.491 e. The van der Waals surface area contributed by atoms with Gasteiger partial charge in [-0.15, -0.1) is 0 Å². The second kappa shape index (κ2) is 6.50. The predicted molar refractivity (Wildman–Crippen MR) is 95.7 cm³/mol. The van der Waals surface area contributed by atoms with Crippen LogP contribution in [0.3, 0.4) is 0 Å². The quantitative estimate of drug-likeness (QED) is 0.613. The lowest BCUT2D eigenvalue weighted by molar-refractivity contribution is 0.200. The monoisotopic (exact) mass is 316 g/mol. The molecule has 1 aliphatic carbocycles. The SMILES string of the molecule is OCCOc1cccc2c1C(c1ccccc1)c1ccccc1C2. The van der Waals surface area contributed by atoms with E-state index in [4.69, 9.17) is 9.84 Å². The van der Waals surface area contributed by atoms with Crippen molar-refractivity contribution in [2.75, 3.05) is 13.2 Å². The largest absolute Gasteiger partial charge is 0.491 e. The van der Waals surface area contributed by atoms with Gasteiger partial charge in [0.05, 0.1) is 6.61 Å². The molecule has 0 aromatic heterocycles. The Hall–Kier alpha value is -2.58. The van der Waals surface area contributed by atoms with Crippen molar-refractivity contribution in [3.8, 4) is 5.75 Å². The number of hydrogen-bond donors (Lipinski definition) is 1. The van der Waals surface area contributed by atoms with Gasteiger partial charge in [-0.1, -0.05) is 66.7 Å². The first-order chi connectivity index (χ1) is 11.9. The van der Waals surface area contributed by atoms with Crippen LogP contribution >= 0.6 is 0 Å². The van der Waals surface area contributed by atoms with Gasteiger partial charge in [-0.3, -0.25) is 0 Å². The second-order valence-corrected chi connectivity index (χ2v) is 6.12. The third kappa shape index (κ3) is 2.59. The van der Waals surface area contributed by atoms with Gasteiger partial charge in [0.25, 0.3) is 0 Å². The molecule has 0 saturated heterocycles. The number of fused-ring (bicyclic) bond motifs is 2. The highest BCUT2D eigenvalue weighted by Gasteiger charge is 2.29. The molecule has 0 aliphatic heterocycles. The Morgan fingerprint density at radius 3 is 2.42 bits per heavy atom. The molecule has 0 fully saturated rings. The smallest absolute Gasteiger partial charge is 0.123 e. The fraction of sp³-hybridized carbons (Fsp3) is 0.182. The standard InChI is InChI=1S/C22H20O2/c23-13-14-24-20-12-6-10-18-15-17-9-4-5-11-19(17)21(22(18)20)16-7-2-1-3-8-16/h1-12,21,23H,13-15H2. The van der Waals surface area contributed by atoms with Crippen LogP contribution in [0.1, 0.15) is 33.7 Å². The van der Waals surface area contributed by atoms with Crippen LogP contribution in [-0.4, -0.2) is 18.3 Å². The third-order valence-electron chi connectivity index (χ3n) is 4.67. The lowest BCUT2D eigenvalue weighted by Crippen LogP contribution is -2.17. The maximum Gasteiger partial charge on any atom is 0.123 e. The normalized spacial score (nSPS) is 15.5. The lowest BCUT2D eigenvalue weighted by Gasteiger charge is -2.30. The molecule has 0 heterocycles. The van der Waals surface area contributed by atoms with E-state index in [1.807, 2.05) is 18.2 Å². The zero-order valence-corrected chi connectivity index (χ0v) is 13.5. The van der Waals surface area contributed by atoms with Crippen molar-refractivity contribution >= 4 is 0 Å². The first-order valence-corrected chi connectivity index (χ1v) is 8.36. The number of aliphatic hydroxyl groups excluding tert-OH is 1. The fourth-order valence-corrected chi connectivity index (χ4v) is 3.68. The van der Waals surface area contributed by atoms with Crippen molar-refractivity contribution in [1.82, 2.24) is 0 Å². The van der Waals surface area contributed by atoms with E-state index < -0.39 is 0 Å². The predicted octanol–water partition coefficient (Wildman–Crippen LogP) is 4.14. The average Bonchev–Trinajstić information content (AvgIpc) is 2.65. The van der Waals surface area contributed by atoms with Gasteiger partial charge in [-0.25, -0.2) is 0 Å². The van der Waals surface area contributed by atoms with Gasteiger partial charge >= 0.3 is 0 Å². The number of aliphatic hydroxyl groups is 1. The molecule has 0 bridgehead atoms. The van der Waals surface area contributed by atoms with E-state index in [0.717, 1.165) is 12.2 Å². The van der Waals surface area contributed by atoms with Crippen LogP contribution < -0.4 is 4.74 Å². The highest BCUT2D eigenvalue weighted by atomic mass is 16.5. The van der Waals surface area contributed by atoms with Crippen molar-refractivity contribution in [1.29, 1.82) is 0 Å². The number of hydrogen-bond acceptors (Lipinski definition) is 2. The maximum atomic E-state index is 9.15. The Kier molecular flexibility index (Phi) is 4.06. The van der Waals surface area contributed by atoms with Crippen LogP contribution in [0.4, 0.5) is 0 Å². The summed E-state index contributed by atoms with van der Waals surface area (Å²) in [5.74, 6) is 1.05. The molecule has 120 valence electrons. The highest BCUT2D eigenvalue weighted by Crippen LogP contribution is 2.44. The van der Waals surface area contributed by atoms with Crippen LogP contribution in [0, 0.1) is 0 Å². The van der Waals surface area contributed by atoms with Crippen LogP contribution in [0.25, 0.3) is 0 Å². The molecule has 2 nitrogen and oxygen atoms in total. The molecule has 1 N–H and O–H groups in total. The van der Waals surface area contributed by atoms with Gasteiger partial charge in [0, 0.05) is 11.5 Å². The summed E-state index contributed by atoms with van der Waals surface area (Å²) in [6.45, 7) is 0.343. The molecule has 1 atom stereocenters. The Bertz CT molecular complexity index is 840. The van der Waals surface area contributed by atoms with Crippen molar-refractivity contribution < 1.29 is 9.84 Å². The van der Waals surface area contributed by atoms with E-state index in [1.54, 1.807) is 0 Å². The minimum absolute atomic E-state index is 0.0241. The summed E-state index contributed by atoms with van der Waals surface area (Å²) in [5.41, 5.74) is 6.52. The molecule has 0 radical (unpaired) electrons. The lowest BCUT2D eigenvalue weighted by atomic mass is 9.74. The Labute approximate surface area is 142 Å². The van der Waals surface area contributed by atoms with Gasteiger partial charge in [-0.2, -0.15) is 0 Å². The minimum atomic E-state index is 0.0241. The molecule has 0 amide bonds. The van der Waals surface area contributed by atoms with Gasteiger partial charge in [0.1, 0.15) is 12.4 Å². The summed E-state index contributed by atoms with van der Waals surface area (Å²) in [7, 11) is 0. The fourth-order valence-electron chi connectivity index (χ4n) is 3.68. The second-order valence-electron chi connectivity index (χ2n) is 6.12. The summed E-state index contributed by atoms with van der Waals surface area (Å²) < 4.78 is 5.87. The summed E-state index contributed by atoms with van der Waals surface area (Å²) in [4.78, 5) is 0. The Morgan fingerprint density at radius 1 is 0.833 bits per heavy atom. The molecular formula is C22H20O2. The molecule has 0 saturated carbocycles. The Morgan fingerprint density at radius 2 is 1.58 bits per heavy atom. The van der Waals surface area contributed by atoms with E-state index in [2.05, 4.69) is 54.6 Å². The number of ether oxygens (including phenoxy) is 1. The molecule has 24 heavy (non-hydrogen) atoms. The van der Waals surface area contributed by atoms with Crippen molar-refractivity contribution in [2.24, 2.45) is 0 Å². The van der Waals surface area contributed by atoms with E-state index in [9.17, 15) is 0 Å². The van der Waals surface area contributed by atoms with Crippen molar-refractivity contribution in [3.63, 3.8) is 0 Å². The van der Waals surface area contributed by atoms with Crippen LogP contribution in [0.2, 0.25) is 0 Å². The first-order valence-electron chi connectivity index (χ1n) is 8.36. The highest BCUT2D eigenvalue weighted by molar-refractivity contribution is 5.59. The van der Waals surface area contributed by atoms with Crippen LogP contribution in [-0.2, 0) is 6.42 Å². The molecule has 3 aromatic carbocycles. The van der Waals surface area contributed by atoms with Crippen molar-refractivity contribution in [3.05, 3.63) is 101 Å². The molecule has 1 aliphatic rings. The Balaban J connectivity index is 1.92. The average molecular weight is 316 g/mol. The van der Waals surface area contributed by atoms with Gasteiger partial charge in [-0.05, 0) is 34.7 Å². The van der Waals surface area contributed by atoms with Crippen LogP contribution in [0.15, 0.2) is 72.8 Å². The van der Waals surface area contributed by atoms with Crippen LogP contribution in [0.5, 0.6) is 5.75 Å². The van der Waals surface area contributed by atoms with Gasteiger partial charge in [0.15, 0.2) is 0 Å². The third-order valence-corrected chi connectivity index (χ3v) is 4.67. The molecule has 3 aromatic rings. The van der Waals surface area contributed by atoms with E-state index in [-0.39, 0.29) is 12.5 Å². The first kappa shape index (κ1) is 15.0. The summed E-state index contributed by atoms with van der Waals surface area (Å²) in [5, 5.41) is 9.15. The molecule has 2 heteroatoms. The number of benzene rings is 3. The molecular weight excluding hydrogens is 296 g/mol. The maximum absolute atomic E-state index is 9.15. The van der Waals surface area contributed by atoms with Gasteiger partial charge < -0.3 is 9.84 Å². The molecule has 4 rings (SSSR count). The zero-order valence-electron chi connectivity index (χ0n) is 13.5. The zero-order chi connectivity index (χ0) is 16.4. The van der Waals surface area contributed by atoms with E-state index in [1.165, 1.54) is 27.8 Å². The summed E-state index contributed by atoms with van der Waals surface area (Å²) in [6.07, 6.45) is 0.922. The van der Waals surface area contributed by atoms with Gasteiger partial charge in [0.2, 0.25) is 0 Å². The van der Waals surface area contributed by atoms with E-state index >= 15 is 0 Å². The topological polar surface area (TPSA) is 29.5 Å². The van der Waals surface area contributed by atoms with Crippen molar-refractivity contribution in [2.45, 2.75) is 12.3 Å².